The molecule has 1 atom stereocenters. The number of hydrogen-bond acceptors (Lipinski definition) is 7. The Labute approximate surface area is 176 Å². The standard InChI is InChI=1S/C19H27N5O5S/c1-3-29-16-6-8-17(9-7-16)30(26,27)24-11-4-5-15(24)13-23-14-18(21-22-23)19(25)20-10-12-28-2/h6-9,14-15H,3-5,10-13H2,1-2H3,(H,20,25). The van der Waals surface area contributed by atoms with Gasteiger partial charge in [-0.2, -0.15) is 4.31 Å². The molecule has 2 aromatic rings. The molecule has 0 bridgehead atoms. The first-order valence-electron chi connectivity index (χ1n) is 9.87. The lowest BCUT2D eigenvalue weighted by Gasteiger charge is -2.24. The molecule has 0 radical (unpaired) electrons. The Morgan fingerprint density at radius 2 is 2.07 bits per heavy atom. The van der Waals surface area contributed by atoms with E-state index in [1.54, 1.807) is 31.4 Å². The summed E-state index contributed by atoms with van der Waals surface area (Å²) in [6.45, 7) is 3.94. The summed E-state index contributed by atoms with van der Waals surface area (Å²) in [6.07, 6.45) is 3.01. The highest BCUT2D eigenvalue weighted by atomic mass is 32.2. The number of carbonyl (C=O) groups excluding carboxylic acids is 1. The van der Waals surface area contributed by atoms with Gasteiger partial charge in [0.15, 0.2) is 5.69 Å². The molecule has 30 heavy (non-hydrogen) atoms. The van der Waals surface area contributed by atoms with Crippen LogP contribution in [0.2, 0.25) is 0 Å². The predicted octanol–water partition coefficient (Wildman–Crippen LogP) is 0.906. The molecule has 1 aromatic heterocycles. The molecule has 11 heteroatoms. The Hall–Kier alpha value is -2.50. The van der Waals surface area contributed by atoms with Crippen LogP contribution in [0.5, 0.6) is 5.75 Å². The monoisotopic (exact) mass is 437 g/mol. The molecule has 0 saturated carbocycles. The van der Waals surface area contributed by atoms with Crippen molar-refractivity contribution in [2.45, 2.75) is 37.2 Å². The van der Waals surface area contributed by atoms with Crippen molar-refractivity contribution in [3.8, 4) is 5.75 Å². The summed E-state index contributed by atoms with van der Waals surface area (Å²) in [5.74, 6) is 0.289. The van der Waals surface area contributed by atoms with Crippen LogP contribution in [-0.4, -0.2) is 73.1 Å². The summed E-state index contributed by atoms with van der Waals surface area (Å²) < 4.78 is 39.6. The quantitative estimate of drug-likeness (QED) is 0.549. The van der Waals surface area contributed by atoms with E-state index in [0.717, 1.165) is 6.42 Å². The van der Waals surface area contributed by atoms with Gasteiger partial charge in [0.2, 0.25) is 10.0 Å². The van der Waals surface area contributed by atoms with E-state index in [-0.39, 0.29) is 22.5 Å². The minimum atomic E-state index is -3.64. The van der Waals surface area contributed by atoms with E-state index in [2.05, 4.69) is 15.6 Å². The third kappa shape index (κ3) is 5.15. The van der Waals surface area contributed by atoms with Gasteiger partial charge in [0, 0.05) is 26.2 Å². The van der Waals surface area contributed by atoms with E-state index < -0.39 is 10.0 Å². The molecule has 10 nitrogen and oxygen atoms in total. The molecule has 1 aliphatic heterocycles. The third-order valence-electron chi connectivity index (χ3n) is 4.83. The van der Waals surface area contributed by atoms with Crippen LogP contribution >= 0.6 is 0 Å². The first kappa shape index (κ1) is 22.2. The summed E-state index contributed by atoms with van der Waals surface area (Å²) in [6, 6.07) is 6.19. The summed E-state index contributed by atoms with van der Waals surface area (Å²) in [4.78, 5) is 12.3. The second kappa shape index (κ2) is 10.0. The average Bonchev–Trinajstić information content (AvgIpc) is 3.39. The molecule has 0 spiro atoms. The number of carbonyl (C=O) groups is 1. The summed E-state index contributed by atoms with van der Waals surface area (Å²) in [5, 5.41) is 10.6. The number of methoxy groups -OCH3 is 1. The van der Waals surface area contributed by atoms with Gasteiger partial charge in [0.1, 0.15) is 5.75 Å². The summed E-state index contributed by atoms with van der Waals surface area (Å²) in [5.41, 5.74) is 0.185. The maximum absolute atomic E-state index is 13.1. The Morgan fingerprint density at radius 3 is 2.77 bits per heavy atom. The maximum atomic E-state index is 13.1. The molecule has 1 unspecified atom stereocenters. The number of nitrogens with zero attached hydrogens (tertiary/aromatic N) is 4. The summed E-state index contributed by atoms with van der Waals surface area (Å²) in [7, 11) is -2.09. The van der Waals surface area contributed by atoms with E-state index in [4.69, 9.17) is 9.47 Å². The van der Waals surface area contributed by atoms with Crippen molar-refractivity contribution in [2.75, 3.05) is 33.4 Å². The predicted molar refractivity (Wildman–Crippen MR) is 109 cm³/mol. The zero-order chi connectivity index (χ0) is 21.6. The number of hydrogen-bond donors (Lipinski definition) is 1. The fourth-order valence-electron chi connectivity index (χ4n) is 3.38. The number of amides is 1. The molecule has 3 rings (SSSR count). The van der Waals surface area contributed by atoms with Crippen LogP contribution in [0.25, 0.3) is 0 Å². The van der Waals surface area contributed by atoms with E-state index in [1.165, 1.54) is 15.2 Å². The first-order chi connectivity index (χ1) is 14.5. The fraction of sp³-hybridized carbons (Fsp3) is 0.526. The van der Waals surface area contributed by atoms with Gasteiger partial charge in [-0.25, -0.2) is 8.42 Å². The molecule has 1 saturated heterocycles. The lowest BCUT2D eigenvalue weighted by Crippen LogP contribution is -2.38. The van der Waals surface area contributed by atoms with Gasteiger partial charge in [-0.05, 0) is 44.0 Å². The third-order valence-corrected chi connectivity index (χ3v) is 6.79. The van der Waals surface area contributed by atoms with Gasteiger partial charge in [-0.1, -0.05) is 5.21 Å². The maximum Gasteiger partial charge on any atom is 0.273 e. The SMILES string of the molecule is CCOc1ccc(S(=O)(=O)N2CCCC2Cn2cc(C(=O)NCCOC)nn2)cc1. The molecule has 0 aliphatic carbocycles. The van der Waals surface area contributed by atoms with E-state index in [0.29, 0.717) is 45.0 Å². The van der Waals surface area contributed by atoms with Crippen LogP contribution in [0.4, 0.5) is 0 Å². The van der Waals surface area contributed by atoms with Crippen LogP contribution in [0.15, 0.2) is 35.4 Å². The number of sulfonamides is 1. The zero-order valence-corrected chi connectivity index (χ0v) is 18.0. The summed E-state index contributed by atoms with van der Waals surface area (Å²) >= 11 is 0. The van der Waals surface area contributed by atoms with E-state index in [9.17, 15) is 13.2 Å². The van der Waals surface area contributed by atoms with Gasteiger partial charge in [0.25, 0.3) is 5.91 Å². The van der Waals surface area contributed by atoms with Crippen LogP contribution in [0.3, 0.4) is 0 Å². The van der Waals surface area contributed by atoms with Crippen molar-refractivity contribution < 1.29 is 22.7 Å². The minimum absolute atomic E-state index is 0.185. The molecular formula is C19H27N5O5S. The van der Waals surface area contributed by atoms with Gasteiger partial charge >= 0.3 is 0 Å². The van der Waals surface area contributed by atoms with Gasteiger partial charge in [0.05, 0.1) is 30.9 Å². The topological polar surface area (TPSA) is 116 Å². The van der Waals surface area contributed by atoms with Crippen LogP contribution in [0, 0.1) is 0 Å². The second-order valence-corrected chi connectivity index (χ2v) is 8.78. The number of benzene rings is 1. The first-order valence-corrected chi connectivity index (χ1v) is 11.3. The number of nitrogens with one attached hydrogen (secondary N) is 1. The van der Waals surface area contributed by atoms with Crippen molar-refractivity contribution in [1.82, 2.24) is 24.6 Å². The Balaban J connectivity index is 1.67. The van der Waals surface area contributed by atoms with Crippen molar-refractivity contribution in [3.05, 3.63) is 36.2 Å². The van der Waals surface area contributed by atoms with Crippen LogP contribution < -0.4 is 10.1 Å². The molecule has 1 N–H and O–H groups in total. The smallest absolute Gasteiger partial charge is 0.273 e. The lowest BCUT2D eigenvalue weighted by molar-refractivity contribution is 0.0932. The van der Waals surface area contributed by atoms with Gasteiger partial charge in [-0.3, -0.25) is 9.48 Å². The average molecular weight is 438 g/mol. The van der Waals surface area contributed by atoms with Crippen LogP contribution in [0.1, 0.15) is 30.3 Å². The molecule has 164 valence electrons. The van der Waals surface area contributed by atoms with Crippen molar-refractivity contribution in [2.24, 2.45) is 0 Å². The molecule has 1 fully saturated rings. The Kier molecular flexibility index (Phi) is 7.40. The minimum Gasteiger partial charge on any atom is -0.494 e. The zero-order valence-electron chi connectivity index (χ0n) is 17.2. The van der Waals surface area contributed by atoms with Crippen molar-refractivity contribution in [1.29, 1.82) is 0 Å². The number of ether oxygens (including phenoxy) is 2. The molecule has 1 amide bonds. The Morgan fingerprint density at radius 1 is 1.30 bits per heavy atom. The normalized spacial score (nSPS) is 17.2. The fourth-order valence-corrected chi connectivity index (χ4v) is 5.07. The van der Waals surface area contributed by atoms with Crippen LogP contribution in [-0.2, 0) is 21.3 Å². The highest BCUT2D eigenvalue weighted by Gasteiger charge is 2.35. The van der Waals surface area contributed by atoms with E-state index >= 15 is 0 Å². The van der Waals surface area contributed by atoms with Gasteiger partial charge in [-0.15, -0.1) is 5.10 Å². The Bertz CT molecular complexity index is 944. The number of aromatic nitrogens is 3. The van der Waals surface area contributed by atoms with Gasteiger partial charge < -0.3 is 14.8 Å². The lowest BCUT2D eigenvalue weighted by atomic mass is 10.2. The highest BCUT2D eigenvalue weighted by molar-refractivity contribution is 7.89. The largest absolute Gasteiger partial charge is 0.494 e. The van der Waals surface area contributed by atoms with Crippen molar-refractivity contribution in [3.63, 3.8) is 0 Å². The molecule has 1 aliphatic rings. The van der Waals surface area contributed by atoms with Crippen molar-refractivity contribution >= 4 is 15.9 Å². The molecule has 2 heterocycles. The number of rotatable bonds is 10. The highest BCUT2D eigenvalue weighted by Crippen LogP contribution is 2.28. The van der Waals surface area contributed by atoms with E-state index in [1.807, 2.05) is 6.92 Å². The molecular weight excluding hydrogens is 410 g/mol. The molecule has 1 aromatic carbocycles. The second-order valence-electron chi connectivity index (χ2n) is 6.89.